The number of hydrogen-bond donors (Lipinski definition) is 0. The first-order chi connectivity index (χ1) is 8.81. The first-order valence-corrected chi connectivity index (χ1v) is 7.21. The maximum absolute atomic E-state index is 12.0. The Morgan fingerprint density at radius 2 is 2.22 bits per heavy atom. The van der Waals surface area contributed by atoms with Crippen LogP contribution in [0, 0.1) is 0 Å². The first-order valence-electron chi connectivity index (χ1n) is 5.45. The van der Waals surface area contributed by atoms with E-state index in [1.54, 1.807) is 12.4 Å². The normalized spacial score (nSPS) is 12.1. The van der Waals surface area contributed by atoms with Gasteiger partial charge in [0.05, 0.1) is 6.61 Å². The number of nitrogens with zero attached hydrogens (tertiary/aromatic N) is 2. The highest BCUT2D eigenvalue weighted by atomic mass is 32.2. The quantitative estimate of drug-likeness (QED) is 0.622. The van der Waals surface area contributed by atoms with E-state index in [1.165, 1.54) is 23.1 Å². The lowest BCUT2D eigenvalue weighted by molar-refractivity contribution is -0.142. The average Bonchev–Trinajstić information content (AvgIpc) is 2.90. The van der Waals surface area contributed by atoms with Crippen molar-refractivity contribution in [1.29, 1.82) is 0 Å². The molecule has 4 nitrogen and oxygen atoms in total. The van der Waals surface area contributed by atoms with Crippen LogP contribution in [0.2, 0.25) is 0 Å². The molecule has 6 heteroatoms. The third-order valence-corrected chi connectivity index (χ3v) is 4.21. The molecule has 1 aromatic heterocycles. The fraction of sp³-hybridized carbons (Fsp3) is 0.250. The van der Waals surface area contributed by atoms with Crippen molar-refractivity contribution >= 4 is 29.1 Å². The highest BCUT2D eigenvalue weighted by Gasteiger charge is 2.24. The molecule has 0 aliphatic carbocycles. The van der Waals surface area contributed by atoms with Crippen LogP contribution in [0.3, 0.4) is 0 Å². The Kier molecular flexibility index (Phi) is 4.72. The third kappa shape index (κ3) is 3.30. The van der Waals surface area contributed by atoms with Crippen molar-refractivity contribution in [2.24, 2.45) is 0 Å². The van der Waals surface area contributed by atoms with Crippen LogP contribution in [0.4, 0.5) is 0 Å². The van der Waals surface area contributed by atoms with Crippen LogP contribution >= 0.6 is 23.1 Å². The molecule has 18 heavy (non-hydrogen) atoms. The molecular formula is C12H12N2O2S2. The van der Waals surface area contributed by atoms with Gasteiger partial charge in [-0.2, -0.15) is 0 Å². The van der Waals surface area contributed by atoms with Crippen LogP contribution in [0.15, 0.2) is 40.2 Å². The molecular weight excluding hydrogens is 268 g/mol. The van der Waals surface area contributed by atoms with E-state index < -0.39 is 0 Å². The second-order valence-electron chi connectivity index (χ2n) is 3.37. The maximum Gasteiger partial charge on any atom is 0.324 e. The molecule has 0 N–H and O–H groups in total. The van der Waals surface area contributed by atoms with Gasteiger partial charge in [0, 0.05) is 0 Å². The van der Waals surface area contributed by atoms with Gasteiger partial charge in [-0.3, -0.25) is 4.79 Å². The number of hydrogen-bond acceptors (Lipinski definition) is 6. The molecule has 0 aliphatic rings. The predicted molar refractivity (Wildman–Crippen MR) is 71.6 cm³/mol. The fourth-order valence-electron chi connectivity index (χ4n) is 1.41. The summed E-state index contributed by atoms with van der Waals surface area (Å²) in [6.07, 6.45) is 0. The maximum atomic E-state index is 12.0. The molecule has 0 fully saturated rings. The van der Waals surface area contributed by atoms with Gasteiger partial charge in [-0.15, -0.1) is 10.2 Å². The van der Waals surface area contributed by atoms with Gasteiger partial charge in [0.25, 0.3) is 0 Å². The lowest BCUT2D eigenvalue weighted by Gasteiger charge is -2.13. The number of aromatic nitrogens is 2. The number of ether oxygens (including phenoxy) is 1. The predicted octanol–water partition coefficient (Wildman–Crippen LogP) is 2.93. The van der Waals surface area contributed by atoms with Gasteiger partial charge in [0.15, 0.2) is 4.34 Å². The van der Waals surface area contributed by atoms with Crippen LogP contribution < -0.4 is 0 Å². The highest BCUT2D eigenvalue weighted by molar-refractivity contribution is 8.01. The molecule has 0 aliphatic heterocycles. The minimum Gasteiger partial charge on any atom is -0.465 e. The third-order valence-electron chi connectivity index (χ3n) is 2.16. The van der Waals surface area contributed by atoms with Crippen LogP contribution in [0.1, 0.15) is 17.7 Å². The Balaban J connectivity index is 2.20. The largest absolute Gasteiger partial charge is 0.465 e. The number of rotatable bonds is 5. The SMILES string of the molecule is CCOC(=O)C(Sc1nncs1)c1ccccc1. The molecule has 2 aromatic rings. The van der Waals surface area contributed by atoms with E-state index in [2.05, 4.69) is 10.2 Å². The summed E-state index contributed by atoms with van der Waals surface area (Å²) >= 11 is 2.78. The zero-order valence-corrected chi connectivity index (χ0v) is 11.4. The Morgan fingerprint density at radius 1 is 1.44 bits per heavy atom. The molecule has 1 heterocycles. The minimum atomic E-state index is -0.390. The molecule has 0 saturated heterocycles. The standard InChI is InChI=1S/C12H12N2O2S2/c1-2-16-11(15)10(9-6-4-3-5-7-9)18-12-14-13-8-17-12/h3-8,10H,2H2,1H3. The second kappa shape index (κ2) is 6.51. The van der Waals surface area contributed by atoms with Gasteiger partial charge in [0.2, 0.25) is 0 Å². The van der Waals surface area contributed by atoms with E-state index in [-0.39, 0.29) is 11.2 Å². The first kappa shape index (κ1) is 13.0. The second-order valence-corrected chi connectivity index (χ2v) is 5.55. The van der Waals surface area contributed by atoms with E-state index in [9.17, 15) is 4.79 Å². The molecule has 0 spiro atoms. The van der Waals surface area contributed by atoms with Gasteiger partial charge in [0.1, 0.15) is 10.8 Å². The summed E-state index contributed by atoms with van der Waals surface area (Å²) in [7, 11) is 0. The minimum absolute atomic E-state index is 0.246. The Bertz CT molecular complexity index is 488. The zero-order valence-electron chi connectivity index (χ0n) is 9.78. The van der Waals surface area contributed by atoms with Gasteiger partial charge >= 0.3 is 5.97 Å². The molecule has 94 valence electrons. The fourth-order valence-corrected chi connectivity index (χ4v) is 3.09. The van der Waals surface area contributed by atoms with E-state index in [0.717, 1.165) is 9.90 Å². The van der Waals surface area contributed by atoms with Crippen molar-refractivity contribution in [3.05, 3.63) is 41.4 Å². The lowest BCUT2D eigenvalue weighted by atomic mass is 10.1. The van der Waals surface area contributed by atoms with E-state index >= 15 is 0 Å². The molecule has 1 aromatic carbocycles. The van der Waals surface area contributed by atoms with Crippen molar-refractivity contribution < 1.29 is 9.53 Å². The summed E-state index contributed by atoms with van der Waals surface area (Å²) in [6.45, 7) is 2.18. The summed E-state index contributed by atoms with van der Waals surface area (Å²) in [4.78, 5) is 12.0. The van der Waals surface area contributed by atoms with Crippen LogP contribution in [-0.4, -0.2) is 22.8 Å². The zero-order chi connectivity index (χ0) is 12.8. The number of carbonyl (C=O) groups is 1. The number of carbonyl (C=O) groups excluding carboxylic acids is 1. The molecule has 2 rings (SSSR count). The summed E-state index contributed by atoms with van der Waals surface area (Å²) in [5.74, 6) is -0.246. The molecule has 1 atom stereocenters. The van der Waals surface area contributed by atoms with Gasteiger partial charge in [-0.25, -0.2) is 0 Å². The summed E-state index contributed by atoms with van der Waals surface area (Å²) in [5, 5.41) is 7.33. The van der Waals surface area contributed by atoms with Gasteiger partial charge in [-0.05, 0) is 12.5 Å². The van der Waals surface area contributed by atoms with Crippen LogP contribution in [0.5, 0.6) is 0 Å². The van der Waals surface area contributed by atoms with Crippen molar-refractivity contribution in [1.82, 2.24) is 10.2 Å². The molecule has 0 amide bonds. The Morgan fingerprint density at radius 3 is 2.83 bits per heavy atom. The van der Waals surface area contributed by atoms with E-state index in [4.69, 9.17) is 4.74 Å². The molecule has 1 unspecified atom stereocenters. The number of esters is 1. The van der Waals surface area contributed by atoms with Gasteiger partial charge < -0.3 is 4.74 Å². The number of benzene rings is 1. The van der Waals surface area contributed by atoms with Crippen LogP contribution in [-0.2, 0) is 9.53 Å². The Labute approximate surface area is 113 Å². The molecule has 0 radical (unpaired) electrons. The smallest absolute Gasteiger partial charge is 0.324 e. The van der Waals surface area contributed by atoms with Crippen molar-refractivity contribution in [2.45, 2.75) is 16.5 Å². The lowest BCUT2D eigenvalue weighted by Crippen LogP contribution is -2.13. The number of thioether (sulfide) groups is 1. The van der Waals surface area contributed by atoms with Crippen molar-refractivity contribution in [2.75, 3.05) is 6.61 Å². The van der Waals surface area contributed by atoms with Crippen molar-refractivity contribution in [3.8, 4) is 0 Å². The molecule has 0 saturated carbocycles. The van der Waals surface area contributed by atoms with Crippen LogP contribution in [0.25, 0.3) is 0 Å². The highest BCUT2D eigenvalue weighted by Crippen LogP contribution is 2.36. The topological polar surface area (TPSA) is 52.1 Å². The summed E-state index contributed by atoms with van der Waals surface area (Å²) < 4.78 is 5.86. The average molecular weight is 280 g/mol. The van der Waals surface area contributed by atoms with Crippen molar-refractivity contribution in [3.63, 3.8) is 0 Å². The van der Waals surface area contributed by atoms with E-state index in [1.807, 2.05) is 30.3 Å². The Hall–Kier alpha value is -1.40. The summed E-state index contributed by atoms with van der Waals surface area (Å²) in [6, 6.07) is 9.55. The van der Waals surface area contributed by atoms with Gasteiger partial charge in [-0.1, -0.05) is 53.4 Å². The summed E-state index contributed by atoms with van der Waals surface area (Å²) in [5.41, 5.74) is 2.56. The monoisotopic (exact) mass is 280 g/mol. The van der Waals surface area contributed by atoms with E-state index in [0.29, 0.717) is 6.61 Å². The molecule has 0 bridgehead atoms.